The van der Waals surface area contributed by atoms with Gasteiger partial charge >= 0.3 is 0 Å². The highest BCUT2D eigenvalue weighted by molar-refractivity contribution is 7.23. The monoisotopic (exact) mass is 358 g/mol. The summed E-state index contributed by atoms with van der Waals surface area (Å²) < 4.78 is 18.2. The molecule has 3 aromatic heterocycles. The Labute approximate surface area is 144 Å². The summed E-state index contributed by atoms with van der Waals surface area (Å²) in [6, 6.07) is 9.52. The fourth-order valence-electron chi connectivity index (χ4n) is 2.36. The summed E-state index contributed by atoms with van der Waals surface area (Å²) >= 11 is 3.16. The minimum Gasteiger partial charge on any atom is -0.485 e. The Morgan fingerprint density at radius 2 is 2.12 bits per heavy atom. The molecule has 0 bridgehead atoms. The molecule has 0 unspecified atom stereocenters. The normalized spacial score (nSPS) is 12.8. The molecule has 0 atom stereocenters. The molecule has 0 radical (unpaired) electrons. The van der Waals surface area contributed by atoms with Crippen LogP contribution in [-0.2, 0) is 6.61 Å². The quantitative estimate of drug-likeness (QED) is 0.558. The minimum atomic E-state index is 0.244. The maximum Gasteiger partial charge on any atom is 0.235 e. The lowest BCUT2D eigenvalue weighted by atomic mass is 10.3. The van der Waals surface area contributed by atoms with Gasteiger partial charge in [-0.25, -0.2) is 0 Å². The Hall–Kier alpha value is -2.65. The van der Waals surface area contributed by atoms with E-state index in [0.29, 0.717) is 17.3 Å². The van der Waals surface area contributed by atoms with Gasteiger partial charge in [-0.05, 0) is 23.6 Å². The summed E-state index contributed by atoms with van der Waals surface area (Å²) in [4.78, 5) is 1.87. The SMILES string of the molecule is c1csc(-c2nn3c(COc4ccc5c(c4)OCO5)nnc3s2)c1. The van der Waals surface area contributed by atoms with Crippen molar-refractivity contribution in [2.75, 3.05) is 6.79 Å². The van der Waals surface area contributed by atoms with Gasteiger partial charge in [-0.2, -0.15) is 9.61 Å². The largest absolute Gasteiger partial charge is 0.485 e. The third kappa shape index (κ3) is 2.29. The number of fused-ring (bicyclic) bond motifs is 2. The lowest BCUT2D eigenvalue weighted by molar-refractivity contribution is 0.173. The van der Waals surface area contributed by atoms with E-state index in [4.69, 9.17) is 14.2 Å². The summed E-state index contributed by atoms with van der Waals surface area (Å²) in [5.41, 5.74) is 0. The van der Waals surface area contributed by atoms with Crippen molar-refractivity contribution < 1.29 is 14.2 Å². The number of nitrogens with zero attached hydrogens (tertiary/aromatic N) is 4. The Morgan fingerprint density at radius 3 is 3.04 bits per heavy atom. The second-order valence-corrected chi connectivity index (χ2v) is 6.90. The molecule has 0 fully saturated rings. The second-order valence-electron chi connectivity index (χ2n) is 5.00. The number of aromatic nitrogens is 4. The Kier molecular flexibility index (Phi) is 3.13. The molecular formula is C15H10N4O3S2. The smallest absolute Gasteiger partial charge is 0.235 e. The molecular weight excluding hydrogens is 348 g/mol. The van der Waals surface area contributed by atoms with Crippen molar-refractivity contribution in [1.82, 2.24) is 19.8 Å². The molecule has 1 aliphatic heterocycles. The molecule has 4 heterocycles. The van der Waals surface area contributed by atoms with Gasteiger partial charge in [0.2, 0.25) is 11.8 Å². The maximum absolute atomic E-state index is 5.79. The van der Waals surface area contributed by atoms with Crippen molar-refractivity contribution in [2.24, 2.45) is 0 Å². The zero-order chi connectivity index (χ0) is 15.9. The van der Waals surface area contributed by atoms with Gasteiger partial charge in [-0.1, -0.05) is 17.4 Å². The fourth-order valence-corrected chi connectivity index (χ4v) is 4.01. The number of benzene rings is 1. The Morgan fingerprint density at radius 1 is 1.17 bits per heavy atom. The highest BCUT2D eigenvalue weighted by Crippen LogP contribution is 2.35. The van der Waals surface area contributed by atoms with Crippen molar-refractivity contribution in [1.29, 1.82) is 0 Å². The van der Waals surface area contributed by atoms with E-state index in [-0.39, 0.29) is 13.4 Å². The standard InChI is InChI=1S/C15H10N4O3S2/c1-2-12(23-5-1)14-18-19-13(16-17-15(19)24-14)7-20-9-3-4-10-11(6-9)22-8-21-10/h1-6H,7-8H2. The summed E-state index contributed by atoms with van der Waals surface area (Å²) in [6.45, 7) is 0.516. The van der Waals surface area contributed by atoms with Crippen molar-refractivity contribution in [3.05, 3.63) is 41.5 Å². The van der Waals surface area contributed by atoms with E-state index in [1.54, 1.807) is 21.9 Å². The average molecular weight is 358 g/mol. The molecule has 0 saturated heterocycles. The first kappa shape index (κ1) is 13.8. The van der Waals surface area contributed by atoms with Crippen LogP contribution in [0.5, 0.6) is 17.2 Å². The number of thiophene rings is 1. The predicted molar refractivity (Wildman–Crippen MR) is 88.9 cm³/mol. The summed E-state index contributed by atoms with van der Waals surface area (Å²) in [5.74, 6) is 2.76. The first-order valence-electron chi connectivity index (χ1n) is 7.14. The maximum atomic E-state index is 5.79. The van der Waals surface area contributed by atoms with E-state index >= 15 is 0 Å². The van der Waals surface area contributed by atoms with Gasteiger partial charge in [0.05, 0.1) is 4.88 Å². The highest BCUT2D eigenvalue weighted by Gasteiger charge is 2.16. The summed E-state index contributed by atoms with van der Waals surface area (Å²) in [6.07, 6.45) is 0. The third-order valence-electron chi connectivity index (χ3n) is 3.50. The van der Waals surface area contributed by atoms with Crippen molar-refractivity contribution in [2.45, 2.75) is 6.61 Å². The molecule has 0 aliphatic carbocycles. The van der Waals surface area contributed by atoms with E-state index in [0.717, 1.165) is 20.6 Å². The second kappa shape index (κ2) is 5.46. The Balaban J connectivity index is 1.39. The van der Waals surface area contributed by atoms with E-state index in [2.05, 4.69) is 15.3 Å². The van der Waals surface area contributed by atoms with Gasteiger partial charge in [0.15, 0.2) is 22.3 Å². The van der Waals surface area contributed by atoms with Crippen LogP contribution in [0.4, 0.5) is 0 Å². The number of rotatable bonds is 4. The van der Waals surface area contributed by atoms with E-state index in [9.17, 15) is 0 Å². The minimum absolute atomic E-state index is 0.244. The van der Waals surface area contributed by atoms with Crippen LogP contribution < -0.4 is 14.2 Å². The summed E-state index contributed by atoms with van der Waals surface area (Å²) in [7, 11) is 0. The van der Waals surface area contributed by atoms with Crippen LogP contribution in [0.3, 0.4) is 0 Å². The first-order chi connectivity index (χ1) is 11.9. The molecule has 5 rings (SSSR count). The molecule has 0 N–H and O–H groups in total. The van der Waals surface area contributed by atoms with Gasteiger partial charge in [0.1, 0.15) is 12.4 Å². The van der Waals surface area contributed by atoms with E-state index in [1.807, 2.05) is 29.6 Å². The van der Waals surface area contributed by atoms with Gasteiger partial charge in [0.25, 0.3) is 0 Å². The van der Waals surface area contributed by atoms with Gasteiger partial charge in [-0.15, -0.1) is 21.5 Å². The molecule has 9 heteroatoms. The van der Waals surface area contributed by atoms with E-state index < -0.39 is 0 Å². The molecule has 0 saturated carbocycles. The van der Waals surface area contributed by atoms with Crippen molar-refractivity contribution in [3.8, 4) is 27.1 Å². The van der Waals surface area contributed by atoms with E-state index in [1.165, 1.54) is 11.3 Å². The topological polar surface area (TPSA) is 70.8 Å². The fraction of sp³-hybridized carbons (Fsp3) is 0.133. The zero-order valence-electron chi connectivity index (χ0n) is 12.2. The third-order valence-corrected chi connectivity index (χ3v) is 5.44. The molecule has 1 aromatic carbocycles. The van der Waals surface area contributed by atoms with Crippen LogP contribution in [0.15, 0.2) is 35.7 Å². The molecule has 120 valence electrons. The first-order valence-corrected chi connectivity index (χ1v) is 8.84. The van der Waals surface area contributed by atoms with Crippen molar-refractivity contribution in [3.63, 3.8) is 0 Å². The molecule has 7 nitrogen and oxygen atoms in total. The molecule has 24 heavy (non-hydrogen) atoms. The van der Waals surface area contributed by atoms with Crippen LogP contribution >= 0.6 is 22.7 Å². The summed E-state index contributed by atoms with van der Waals surface area (Å²) in [5, 5.41) is 15.9. The van der Waals surface area contributed by atoms with Crippen LogP contribution in [-0.4, -0.2) is 26.6 Å². The van der Waals surface area contributed by atoms with Crippen molar-refractivity contribution >= 4 is 27.6 Å². The molecule has 0 spiro atoms. The average Bonchev–Trinajstić information content (AvgIpc) is 3.34. The highest BCUT2D eigenvalue weighted by atomic mass is 32.1. The lowest BCUT2D eigenvalue weighted by Crippen LogP contribution is -2.02. The molecule has 4 aromatic rings. The van der Waals surface area contributed by atoms with Gasteiger partial charge in [0, 0.05) is 6.07 Å². The molecule has 0 amide bonds. The lowest BCUT2D eigenvalue weighted by Gasteiger charge is -2.05. The van der Waals surface area contributed by atoms with Crippen LogP contribution in [0.25, 0.3) is 14.8 Å². The van der Waals surface area contributed by atoms with Crippen LogP contribution in [0.2, 0.25) is 0 Å². The number of hydrogen-bond acceptors (Lipinski definition) is 8. The number of ether oxygens (including phenoxy) is 3. The van der Waals surface area contributed by atoms with Gasteiger partial charge in [-0.3, -0.25) is 0 Å². The van der Waals surface area contributed by atoms with Crippen LogP contribution in [0.1, 0.15) is 5.82 Å². The molecule has 1 aliphatic rings. The van der Waals surface area contributed by atoms with Crippen LogP contribution in [0, 0.1) is 0 Å². The number of hydrogen-bond donors (Lipinski definition) is 0. The zero-order valence-corrected chi connectivity index (χ0v) is 13.8. The van der Waals surface area contributed by atoms with Gasteiger partial charge < -0.3 is 14.2 Å². The Bertz CT molecular complexity index is 1010. The predicted octanol–water partition coefficient (Wildman–Crippen LogP) is 3.22.